The molecule has 0 bridgehead atoms. The van der Waals surface area contributed by atoms with Crippen molar-refractivity contribution in [2.45, 2.75) is 19.5 Å². The zero-order valence-electron chi connectivity index (χ0n) is 6.16. The molecule has 1 nitrogen and oxygen atoms in total. The van der Waals surface area contributed by atoms with Gasteiger partial charge in [0, 0.05) is 6.92 Å². The van der Waals surface area contributed by atoms with E-state index in [9.17, 15) is 13.2 Å². The van der Waals surface area contributed by atoms with E-state index in [4.69, 9.17) is 0 Å². The minimum absolute atomic E-state index is 0.0139. The third-order valence-corrected chi connectivity index (χ3v) is 1.23. The van der Waals surface area contributed by atoms with E-state index in [1.54, 1.807) is 14.0 Å². The van der Waals surface area contributed by atoms with Crippen molar-refractivity contribution >= 4 is 0 Å². The molecule has 0 radical (unpaired) electrons. The van der Waals surface area contributed by atoms with Gasteiger partial charge in [-0.2, -0.15) is 13.2 Å². The lowest BCUT2D eigenvalue weighted by atomic mass is 10.4. The first-order valence-electron chi connectivity index (χ1n) is 3.11. The normalized spacial score (nSPS) is 12.6. The van der Waals surface area contributed by atoms with Gasteiger partial charge >= 0.3 is 6.18 Å². The van der Waals surface area contributed by atoms with E-state index in [0.29, 0.717) is 6.61 Å². The van der Waals surface area contributed by atoms with Gasteiger partial charge in [0.05, 0.1) is 0 Å². The first-order chi connectivity index (χ1) is 4.45. The third-order valence-electron chi connectivity index (χ3n) is 1.23. The molecule has 0 atom stereocenters. The first-order valence-corrected chi connectivity index (χ1v) is 3.11. The maximum Gasteiger partial charge on any atom is 0.396 e. The minimum Gasteiger partial charge on any atom is -0.424 e. The maximum atomic E-state index is 11.5. The molecule has 0 aliphatic rings. The lowest BCUT2D eigenvalue weighted by Gasteiger charge is -2.12. The Hall–Kier alpha value is -0.250. The Balaban J connectivity index is 3.36. The largest absolute Gasteiger partial charge is 0.424 e. The lowest BCUT2D eigenvalue weighted by molar-refractivity contribution is -0.177. The minimum atomic E-state index is -4.03. The van der Waals surface area contributed by atoms with Gasteiger partial charge in [-0.05, 0) is 0 Å². The van der Waals surface area contributed by atoms with Crippen molar-refractivity contribution in [3.05, 3.63) is 0 Å². The van der Waals surface area contributed by atoms with Gasteiger partial charge in [0.2, 0.25) is 0 Å². The summed E-state index contributed by atoms with van der Waals surface area (Å²) in [5, 5.41) is 0. The zero-order chi connectivity index (χ0) is 8.20. The SMILES string of the molecule is CC[O+](C)CCC(F)(F)F. The van der Waals surface area contributed by atoms with Gasteiger partial charge < -0.3 is 4.37 Å². The van der Waals surface area contributed by atoms with Crippen molar-refractivity contribution in [1.29, 1.82) is 0 Å². The second-order valence-electron chi connectivity index (χ2n) is 2.14. The van der Waals surface area contributed by atoms with Crippen molar-refractivity contribution in [2.24, 2.45) is 0 Å². The average molecular weight is 157 g/mol. The molecule has 0 N–H and O–H groups in total. The Morgan fingerprint density at radius 1 is 1.30 bits per heavy atom. The molecule has 0 fully saturated rings. The smallest absolute Gasteiger partial charge is 0.396 e. The van der Waals surface area contributed by atoms with Gasteiger partial charge in [0.25, 0.3) is 0 Å². The number of hydrogen-bond acceptors (Lipinski definition) is 0. The van der Waals surface area contributed by atoms with Crippen LogP contribution in [0.15, 0.2) is 0 Å². The summed E-state index contributed by atoms with van der Waals surface area (Å²) in [5.74, 6) is 0. The second-order valence-corrected chi connectivity index (χ2v) is 2.14. The van der Waals surface area contributed by atoms with E-state index >= 15 is 0 Å². The van der Waals surface area contributed by atoms with Crippen LogP contribution in [0.3, 0.4) is 0 Å². The summed E-state index contributed by atoms with van der Waals surface area (Å²) in [6.45, 7) is 2.39. The van der Waals surface area contributed by atoms with Crippen LogP contribution in [-0.4, -0.2) is 26.5 Å². The molecule has 0 amide bonds. The summed E-state index contributed by atoms with van der Waals surface area (Å²) in [6, 6.07) is 0. The van der Waals surface area contributed by atoms with Crippen molar-refractivity contribution in [1.82, 2.24) is 0 Å². The van der Waals surface area contributed by atoms with Crippen molar-refractivity contribution in [3.63, 3.8) is 0 Å². The Labute approximate surface area is 58.5 Å². The van der Waals surface area contributed by atoms with E-state index < -0.39 is 12.6 Å². The Bertz CT molecular complexity index is 89.5. The van der Waals surface area contributed by atoms with Crippen LogP contribution >= 0.6 is 0 Å². The van der Waals surface area contributed by atoms with Gasteiger partial charge in [0.1, 0.15) is 20.1 Å². The topological polar surface area (TPSA) is 2.70 Å². The highest BCUT2D eigenvalue weighted by Gasteiger charge is 2.28. The van der Waals surface area contributed by atoms with E-state index in [0.717, 1.165) is 0 Å². The number of alkyl halides is 3. The van der Waals surface area contributed by atoms with Crippen molar-refractivity contribution in [3.8, 4) is 0 Å². The predicted octanol–water partition coefficient (Wildman–Crippen LogP) is 2.14. The van der Waals surface area contributed by atoms with Gasteiger partial charge in [0.15, 0.2) is 6.61 Å². The molecule has 0 aromatic carbocycles. The lowest BCUT2D eigenvalue weighted by Crippen LogP contribution is -2.17. The fourth-order valence-electron chi connectivity index (χ4n) is 0.434. The molecular weight excluding hydrogens is 145 g/mol. The quantitative estimate of drug-likeness (QED) is 0.552. The van der Waals surface area contributed by atoms with Gasteiger partial charge in [-0.25, -0.2) is 0 Å². The zero-order valence-corrected chi connectivity index (χ0v) is 6.16. The van der Waals surface area contributed by atoms with Crippen molar-refractivity contribution < 1.29 is 17.5 Å². The molecule has 0 rings (SSSR count). The van der Waals surface area contributed by atoms with E-state index in [2.05, 4.69) is 4.37 Å². The molecule has 0 aromatic rings. The van der Waals surface area contributed by atoms with Crippen LogP contribution in [-0.2, 0) is 4.37 Å². The van der Waals surface area contributed by atoms with Crippen LogP contribution in [0, 0.1) is 0 Å². The standard InChI is InChI=1S/C6H12F3O/c1-3-10(2)5-4-6(7,8)9/h3-5H2,1-2H3/q+1. The first kappa shape index (κ1) is 9.75. The molecule has 0 saturated heterocycles. The summed E-state index contributed by atoms with van der Waals surface area (Å²) in [7, 11) is 1.59. The summed E-state index contributed by atoms with van der Waals surface area (Å²) in [6.07, 6.45) is -4.78. The molecular formula is C6H12F3O+. The maximum absolute atomic E-state index is 11.5. The molecule has 62 valence electrons. The molecule has 0 saturated carbocycles. The van der Waals surface area contributed by atoms with Crippen LogP contribution in [0.25, 0.3) is 0 Å². The summed E-state index contributed by atoms with van der Waals surface area (Å²) in [4.78, 5) is 0. The van der Waals surface area contributed by atoms with Gasteiger partial charge in [-0.3, -0.25) is 0 Å². The van der Waals surface area contributed by atoms with Crippen LogP contribution in [0.1, 0.15) is 13.3 Å². The molecule has 0 heterocycles. The summed E-state index contributed by atoms with van der Waals surface area (Å²) in [5.41, 5.74) is 0. The van der Waals surface area contributed by atoms with Crippen LogP contribution in [0.2, 0.25) is 0 Å². The van der Waals surface area contributed by atoms with Crippen molar-refractivity contribution in [2.75, 3.05) is 20.3 Å². The molecule has 0 aromatic heterocycles. The summed E-state index contributed by atoms with van der Waals surface area (Å²) >= 11 is 0. The van der Waals surface area contributed by atoms with Crippen LogP contribution in [0.4, 0.5) is 13.2 Å². The highest BCUT2D eigenvalue weighted by molar-refractivity contribution is 4.48. The summed E-state index contributed by atoms with van der Waals surface area (Å²) < 4.78 is 36.9. The number of rotatable bonds is 3. The van der Waals surface area contributed by atoms with E-state index in [1.165, 1.54) is 0 Å². The average Bonchev–Trinajstić information content (AvgIpc) is 1.81. The monoisotopic (exact) mass is 157 g/mol. The van der Waals surface area contributed by atoms with Crippen LogP contribution in [0.5, 0.6) is 0 Å². The fourth-order valence-corrected chi connectivity index (χ4v) is 0.434. The Morgan fingerprint density at radius 3 is 2.10 bits per heavy atom. The highest BCUT2D eigenvalue weighted by Crippen LogP contribution is 2.19. The molecule has 4 heteroatoms. The molecule has 0 spiro atoms. The molecule has 0 unspecified atom stereocenters. The molecule has 0 aliphatic carbocycles. The number of hydrogen-bond donors (Lipinski definition) is 0. The van der Waals surface area contributed by atoms with Gasteiger partial charge in [-0.1, -0.05) is 0 Å². The van der Waals surface area contributed by atoms with E-state index in [1.807, 2.05) is 0 Å². The Kier molecular flexibility index (Phi) is 3.71. The third kappa shape index (κ3) is 5.88. The second kappa shape index (κ2) is 3.81. The van der Waals surface area contributed by atoms with E-state index in [-0.39, 0.29) is 6.61 Å². The highest BCUT2D eigenvalue weighted by atomic mass is 19.4. The van der Waals surface area contributed by atoms with Crippen LogP contribution < -0.4 is 0 Å². The predicted molar refractivity (Wildman–Crippen MR) is 33.1 cm³/mol. The Morgan fingerprint density at radius 2 is 1.80 bits per heavy atom. The molecule has 10 heavy (non-hydrogen) atoms. The molecule has 0 aliphatic heterocycles. The number of halogens is 3. The van der Waals surface area contributed by atoms with Gasteiger partial charge in [-0.15, -0.1) is 0 Å². The fraction of sp³-hybridized carbons (Fsp3) is 1.00.